The average Bonchev–Trinajstić information content (AvgIpc) is 2.91. The molecule has 0 radical (unpaired) electrons. The normalized spacial score (nSPS) is 11.2. The molecular formula is C26H36N6O3S2. The first-order valence-electron chi connectivity index (χ1n) is 12.2. The summed E-state index contributed by atoms with van der Waals surface area (Å²) in [6.45, 7) is 9.40. The van der Waals surface area contributed by atoms with E-state index in [2.05, 4.69) is 31.7 Å². The number of nitrogens with zero attached hydrogens (tertiary/aromatic N) is 2. The van der Waals surface area contributed by atoms with E-state index in [1.54, 1.807) is 6.21 Å². The fourth-order valence-electron chi connectivity index (χ4n) is 2.94. The number of rotatable bonds is 15. The minimum Gasteiger partial charge on any atom is -0.494 e. The van der Waals surface area contributed by atoms with E-state index in [0.29, 0.717) is 61.9 Å². The van der Waals surface area contributed by atoms with Crippen LogP contribution in [-0.2, 0) is 17.8 Å². The Morgan fingerprint density at radius 2 is 1.27 bits per heavy atom. The number of nitrogens with one attached hydrogen (secondary N) is 4. The molecule has 0 aromatic heterocycles. The Bertz CT molecular complexity index is 1010. The molecule has 0 aliphatic carbocycles. The Morgan fingerprint density at radius 1 is 0.757 bits per heavy atom. The summed E-state index contributed by atoms with van der Waals surface area (Å²) >= 11 is 10.7. The number of thiocarbonyl (C=S) groups is 2. The van der Waals surface area contributed by atoms with Crippen molar-refractivity contribution in [3.8, 4) is 11.5 Å². The molecule has 0 saturated heterocycles. The number of hydrogen-bond donors (Lipinski definition) is 4. The molecule has 0 spiro atoms. The van der Waals surface area contributed by atoms with Crippen LogP contribution in [0.15, 0.2) is 58.7 Å². The highest BCUT2D eigenvalue weighted by Gasteiger charge is 2.02. The molecule has 0 unspecified atom stereocenters. The van der Waals surface area contributed by atoms with Gasteiger partial charge >= 0.3 is 0 Å². The van der Waals surface area contributed by atoms with Crippen molar-refractivity contribution in [2.24, 2.45) is 10.2 Å². The SMILES string of the molecule is CCOCCC(/C=N/NC(=S)NCc1ccc(OCC)cc1)=N\NC(=S)NCc1ccc(OCC)cc1. The molecule has 0 aliphatic rings. The summed E-state index contributed by atoms with van der Waals surface area (Å²) in [5.41, 5.74) is 8.47. The molecule has 0 atom stereocenters. The van der Waals surface area contributed by atoms with Crippen LogP contribution in [0, 0.1) is 0 Å². The summed E-state index contributed by atoms with van der Waals surface area (Å²) in [4.78, 5) is 0. The molecule has 0 saturated carbocycles. The molecule has 2 aromatic carbocycles. The molecule has 4 N–H and O–H groups in total. The molecule has 0 amide bonds. The van der Waals surface area contributed by atoms with Gasteiger partial charge in [-0.2, -0.15) is 10.2 Å². The fourth-order valence-corrected chi connectivity index (χ4v) is 3.19. The minimum atomic E-state index is 0.398. The largest absolute Gasteiger partial charge is 0.494 e. The van der Waals surface area contributed by atoms with E-state index in [1.165, 1.54) is 0 Å². The Morgan fingerprint density at radius 3 is 1.76 bits per heavy atom. The monoisotopic (exact) mass is 544 g/mol. The lowest BCUT2D eigenvalue weighted by molar-refractivity contribution is 0.155. The van der Waals surface area contributed by atoms with Gasteiger partial charge in [-0.3, -0.25) is 10.9 Å². The van der Waals surface area contributed by atoms with Crippen molar-refractivity contribution in [3.63, 3.8) is 0 Å². The summed E-state index contributed by atoms with van der Waals surface area (Å²) in [5, 5.41) is 15.6. The number of ether oxygens (including phenoxy) is 3. The van der Waals surface area contributed by atoms with Crippen LogP contribution < -0.4 is 31.0 Å². The molecule has 0 fully saturated rings. The van der Waals surface area contributed by atoms with Crippen molar-refractivity contribution in [1.29, 1.82) is 0 Å². The Kier molecular flexibility index (Phi) is 14.6. The molecule has 0 aliphatic heterocycles. The first kappa shape index (κ1) is 29.9. The zero-order chi connectivity index (χ0) is 26.7. The van der Waals surface area contributed by atoms with E-state index in [-0.39, 0.29) is 0 Å². The maximum Gasteiger partial charge on any atom is 0.187 e. The third kappa shape index (κ3) is 13.0. The molecular weight excluding hydrogens is 508 g/mol. The molecule has 2 rings (SSSR count). The smallest absolute Gasteiger partial charge is 0.187 e. The van der Waals surface area contributed by atoms with Gasteiger partial charge in [0.05, 0.1) is 31.7 Å². The second-order valence-electron chi connectivity index (χ2n) is 7.55. The van der Waals surface area contributed by atoms with E-state index in [1.807, 2.05) is 69.3 Å². The third-order valence-corrected chi connectivity index (χ3v) is 5.23. The van der Waals surface area contributed by atoms with Gasteiger partial charge in [0.1, 0.15) is 11.5 Å². The lowest BCUT2D eigenvalue weighted by Crippen LogP contribution is -2.33. The lowest BCUT2D eigenvalue weighted by Gasteiger charge is -2.10. The van der Waals surface area contributed by atoms with Crippen LogP contribution in [-0.4, -0.2) is 48.6 Å². The van der Waals surface area contributed by atoms with Gasteiger partial charge in [-0.25, -0.2) is 0 Å². The van der Waals surface area contributed by atoms with Crippen molar-refractivity contribution < 1.29 is 14.2 Å². The van der Waals surface area contributed by atoms with Crippen LogP contribution in [0.3, 0.4) is 0 Å². The first-order chi connectivity index (χ1) is 18.0. The van der Waals surface area contributed by atoms with Gasteiger partial charge in [-0.05, 0) is 80.6 Å². The molecule has 11 heteroatoms. The van der Waals surface area contributed by atoms with Crippen molar-refractivity contribution in [1.82, 2.24) is 21.5 Å². The topological polar surface area (TPSA) is 101 Å². The quantitative estimate of drug-likeness (QED) is 0.115. The second-order valence-corrected chi connectivity index (χ2v) is 8.37. The molecule has 37 heavy (non-hydrogen) atoms. The predicted octanol–water partition coefficient (Wildman–Crippen LogP) is 3.88. The maximum absolute atomic E-state index is 5.46. The van der Waals surface area contributed by atoms with E-state index in [0.717, 1.165) is 22.6 Å². The average molecular weight is 545 g/mol. The zero-order valence-corrected chi connectivity index (χ0v) is 23.2. The van der Waals surface area contributed by atoms with Gasteiger partial charge in [-0.1, -0.05) is 24.3 Å². The van der Waals surface area contributed by atoms with E-state index < -0.39 is 0 Å². The van der Waals surface area contributed by atoms with E-state index >= 15 is 0 Å². The third-order valence-electron chi connectivity index (χ3n) is 4.76. The summed E-state index contributed by atoms with van der Waals surface area (Å²) in [6.07, 6.45) is 2.14. The fraction of sp³-hybridized carbons (Fsp3) is 0.385. The highest BCUT2D eigenvalue weighted by atomic mass is 32.1. The van der Waals surface area contributed by atoms with E-state index in [9.17, 15) is 0 Å². The second kappa shape index (κ2) is 18.0. The van der Waals surface area contributed by atoms with E-state index in [4.69, 9.17) is 38.6 Å². The Balaban J connectivity index is 1.80. The van der Waals surface area contributed by atoms with Crippen molar-refractivity contribution in [2.75, 3.05) is 26.4 Å². The van der Waals surface area contributed by atoms with Crippen LogP contribution in [0.2, 0.25) is 0 Å². The van der Waals surface area contributed by atoms with Gasteiger partial charge in [0.25, 0.3) is 0 Å². The lowest BCUT2D eigenvalue weighted by atomic mass is 10.2. The first-order valence-corrected chi connectivity index (χ1v) is 13.0. The number of hydrazone groups is 2. The van der Waals surface area contributed by atoms with Crippen LogP contribution >= 0.6 is 24.4 Å². The molecule has 0 bridgehead atoms. The number of benzene rings is 2. The van der Waals surface area contributed by atoms with Crippen molar-refractivity contribution in [3.05, 3.63) is 59.7 Å². The maximum atomic E-state index is 5.46. The number of hydrogen-bond acceptors (Lipinski definition) is 7. The Hall–Kier alpha value is -3.28. The molecule has 200 valence electrons. The van der Waals surface area contributed by atoms with Gasteiger partial charge < -0.3 is 24.8 Å². The summed E-state index contributed by atoms with van der Waals surface area (Å²) in [7, 11) is 0. The minimum absolute atomic E-state index is 0.398. The van der Waals surface area contributed by atoms with Gasteiger partial charge in [0.15, 0.2) is 10.2 Å². The standard InChI is InChI=1S/C26H36N6O3S2/c1-4-33-16-15-22(30-32-26(37)28-18-21-9-13-24(14-10-21)35-6-3)19-29-31-25(36)27-17-20-7-11-23(12-8-20)34-5-2/h7-14,19H,4-6,15-18H2,1-3H3,(H2,27,31,36)(H2,28,32,37)/b29-19+,30-22+. The van der Waals surface area contributed by atoms with Gasteiger partial charge in [0.2, 0.25) is 0 Å². The molecule has 2 aromatic rings. The zero-order valence-electron chi connectivity index (χ0n) is 21.6. The van der Waals surface area contributed by atoms with Crippen LogP contribution in [0.5, 0.6) is 11.5 Å². The van der Waals surface area contributed by atoms with Crippen LogP contribution in [0.4, 0.5) is 0 Å². The highest BCUT2D eigenvalue weighted by molar-refractivity contribution is 7.80. The van der Waals surface area contributed by atoms with Crippen molar-refractivity contribution in [2.45, 2.75) is 40.3 Å². The summed E-state index contributed by atoms with van der Waals surface area (Å²) in [6, 6.07) is 15.7. The summed E-state index contributed by atoms with van der Waals surface area (Å²) < 4.78 is 16.4. The van der Waals surface area contributed by atoms with Crippen LogP contribution in [0.25, 0.3) is 0 Å². The van der Waals surface area contributed by atoms with Gasteiger partial charge in [-0.15, -0.1) is 0 Å². The van der Waals surface area contributed by atoms with Gasteiger partial charge in [0, 0.05) is 26.1 Å². The Labute approximate surface area is 230 Å². The predicted molar refractivity (Wildman–Crippen MR) is 157 cm³/mol. The molecule has 0 heterocycles. The highest BCUT2D eigenvalue weighted by Crippen LogP contribution is 2.12. The molecule has 9 nitrogen and oxygen atoms in total. The van der Waals surface area contributed by atoms with Crippen LogP contribution in [0.1, 0.15) is 38.3 Å². The summed E-state index contributed by atoms with van der Waals surface area (Å²) in [5.74, 6) is 1.68. The van der Waals surface area contributed by atoms with Crippen molar-refractivity contribution >= 4 is 46.6 Å².